The van der Waals surface area contributed by atoms with Crippen LogP contribution >= 0.6 is 15.9 Å². The first-order chi connectivity index (χ1) is 16.4. The number of halogens is 1. The van der Waals surface area contributed by atoms with Crippen LogP contribution in [0.15, 0.2) is 77.3 Å². The Morgan fingerprint density at radius 2 is 1.71 bits per heavy atom. The molecule has 1 unspecified atom stereocenters. The van der Waals surface area contributed by atoms with Crippen molar-refractivity contribution in [3.8, 4) is 5.75 Å². The summed E-state index contributed by atoms with van der Waals surface area (Å²) in [5, 5.41) is 2.91. The molecule has 0 saturated carbocycles. The molecular formula is C28H31BrN2O3. The summed E-state index contributed by atoms with van der Waals surface area (Å²) in [6.07, 6.45) is 0.413. The molecule has 5 nitrogen and oxygen atoms in total. The molecule has 3 aromatic carbocycles. The van der Waals surface area contributed by atoms with E-state index >= 15 is 0 Å². The maximum atomic E-state index is 13.6. The lowest BCUT2D eigenvalue weighted by molar-refractivity contribution is -0.142. The molecule has 3 rings (SSSR count). The van der Waals surface area contributed by atoms with Crippen LogP contribution in [0.3, 0.4) is 0 Å². The molecule has 0 aliphatic rings. The lowest BCUT2D eigenvalue weighted by atomic mass is 10.0. The van der Waals surface area contributed by atoms with Gasteiger partial charge >= 0.3 is 0 Å². The van der Waals surface area contributed by atoms with Crippen molar-refractivity contribution in [1.82, 2.24) is 10.2 Å². The smallest absolute Gasteiger partial charge is 0.261 e. The van der Waals surface area contributed by atoms with Crippen LogP contribution in [0, 0.1) is 13.8 Å². The van der Waals surface area contributed by atoms with Gasteiger partial charge in [-0.05, 0) is 61.2 Å². The molecule has 6 heteroatoms. The number of carbonyl (C=O) groups excluding carboxylic acids is 2. The number of rotatable bonds is 10. The Morgan fingerprint density at radius 3 is 2.41 bits per heavy atom. The predicted octanol–water partition coefficient (Wildman–Crippen LogP) is 5.22. The van der Waals surface area contributed by atoms with E-state index in [1.165, 1.54) is 0 Å². The van der Waals surface area contributed by atoms with Crippen molar-refractivity contribution in [1.29, 1.82) is 0 Å². The van der Waals surface area contributed by atoms with E-state index in [-0.39, 0.29) is 18.4 Å². The molecule has 0 radical (unpaired) electrons. The summed E-state index contributed by atoms with van der Waals surface area (Å²) in [6.45, 7) is 6.44. The number of likely N-dealkylation sites (N-methyl/N-ethyl adjacent to an activating group) is 1. The molecule has 1 N–H and O–H groups in total. The number of benzene rings is 3. The molecule has 0 heterocycles. The number of amides is 2. The molecule has 0 aliphatic heterocycles. The Bertz CT molecular complexity index is 1120. The van der Waals surface area contributed by atoms with Gasteiger partial charge in [-0.25, -0.2) is 0 Å². The third kappa shape index (κ3) is 7.19. The zero-order valence-electron chi connectivity index (χ0n) is 19.9. The lowest BCUT2D eigenvalue weighted by Gasteiger charge is -2.31. The minimum Gasteiger partial charge on any atom is -0.483 e. The van der Waals surface area contributed by atoms with Crippen molar-refractivity contribution in [3.63, 3.8) is 0 Å². The van der Waals surface area contributed by atoms with Crippen molar-refractivity contribution < 1.29 is 14.3 Å². The summed E-state index contributed by atoms with van der Waals surface area (Å²) in [6, 6.07) is 22.8. The van der Waals surface area contributed by atoms with E-state index in [0.717, 1.165) is 26.7 Å². The Balaban J connectivity index is 1.91. The fraction of sp³-hybridized carbons (Fsp3) is 0.286. The predicted molar refractivity (Wildman–Crippen MR) is 139 cm³/mol. The van der Waals surface area contributed by atoms with Gasteiger partial charge in [0.25, 0.3) is 5.91 Å². The van der Waals surface area contributed by atoms with E-state index in [0.29, 0.717) is 25.3 Å². The standard InChI is InChI=1S/C28H31BrN2O3/c1-4-30-28(33)25(17-22-9-6-5-7-10-22)31(18-23-11-8-12-24(29)16-23)27(32)19-34-26-15-20(2)13-14-21(26)3/h5-16,25H,4,17-19H2,1-3H3,(H,30,33). The Morgan fingerprint density at radius 1 is 0.971 bits per heavy atom. The number of ether oxygens (including phenoxy) is 1. The van der Waals surface area contributed by atoms with Gasteiger partial charge in [-0.2, -0.15) is 0 Å². The molecule has 0 spiro atoms. The van der Waals surface area contributed by atoms with Gasteiger partial charge < -0.3 is 15.0 Å². The number of nitrogens with one attached hydrogen (secondary N) is 1. The van der Waals surface area contributed by atoms with Crippen LogP contribution in [0.4, 0.5) is 0 Å². The van der Waals surface area contributed by atoms with Crippen molar-refractivity contribution in [3.05, 3.63) is 99.5 Å². The number of carbonyl (C=O) groups is 2. The lowest BCUT2D eigenvalue weighted by Crippen LogP contribution is -2.51. The fourth-order valence-corrected chi connectivity index (χ4v) is 4.21. The van der Waals surface area contributed by atoms with E-state index in [9.17, 15) is 9.59 Å². The first kappa shape index (κ1) is 25.5. The summed E-state index contributed by atoms with van der Waals surface area (Å²) in [5.74, 6) is 0.253. The first-order valence-corrected chi connectivity index (χ1v) is 12.2. The van der Waals surface area contributed by atoms with E-state index in [4.69, 9.17) is 4.74 Å². The van der Waals surface area contributed by atoms with Gasteiger partial charge in [0.15, 0.2) is 6.61 Å². The quantitative estimate of drug-likeness (QED) is 0.397. The largest absolute Gasteiger partial charge is 0.483 e. The molecule has 34 heavy (non-hydrogen) atoms. The average Bonchev–Trinajstić information content (AvgIpc) is 2.82. The highest BCUT2D eigenvalue weighted by atomic mass is 79.9. The SMILES string of the molecule is CCNC(=O)C(Cc1ccccc1)N(Cc1cccc(Br)c1)C(=O)COc1cc(C)ccc1C. The third-order valence-corrected chi connectivity index (χ3v) is 6.05. The molecule has 0 aliphatic carbocycles. The van der Waals surface area contributed by atoms with Crippen molar-refractivity contribution in [2.75, 3.05) is 13.2 Å². The van der Waals surface area contributed by atoms with Gasteiger partial charge in [-0.3, -0.25) is 9.59 Å². The molecule has 0 bridgehead atoms. The van der Waals surface area contributed by atoms with Crippen molar-refractivity contribution in [2.45, 2.75) is 39.8 Å². The highest BCUT2D eigenvalue weighted by Gasteiger charge is 2.30. The minimum atomic E-state index is -0.670. The van der Waals surface area contributed by atoms with Gasteiger partial charge in [-0.15, -0.1) is 0 Å². The van der Waals surface area contributed by atoms with Crippen LogP contribution in [0.1, 0.15) is 29.2 Å². The summed E-state index contributed by atoms with van der Waals surface area (Å²) < 4.78 is 6.85. The van der Waals surface area contributed by atoms with Crippen LogP contribution in [0.5, 0.6) is 5.75 Å². The number of aryl methyl sites for hydroxylation is 2. The van der Waals surface area contributed by atoms with Crippen molar-refractivity contribution >= 4 is 27.7 Å². The average molecular weight is 523 g/mol. The van der Waals surface area contributed by atoms with Crippen LogP contribution in [0.25, 0.3) is 0 Å². The van der Waals surface area contributed by atoms with Gasteiger partial charge in [0.1, 0.15) is 11.8 Å². The Labute approximate surface area is 210 Å². The zero-order chi connectivity index (χ0) is 24.5. The maximum absolute atomic E-state index is 13.6. The highest BCUT2D eigenvalue weighted by Crippen LogP contribution is 2.21. The van der Waals surface area contributed by atoms with E-state index in [1.54, 1.807) is 4.90 Å². The third-order valence-electron chi connectivity index (χ3n) is 5.56. The van der Waals surface area contributed by atoms with E-state index in [1.807, 2.05) is 93.6 Å². The van der Waals surface area contributed by atoms with Crippen molar-refractivity contribution in [2.24, 2.45) is 0 Å². The van der Waals surface area contributed by atoms with E-state index < -0.39 is 6.04 Å². The molecule has 0 fully saturated rings. The van der Waals surface area contributed by atoms with Crippen LogP contribution < -0.4 is 10.1 Å². The topological polar surface area (TPSA) is 58.6 Å². The molecule has 178 valence electrons. The second-order valence-corrected chi connectivity index (χ2v) is 9.22. The van der Waals surface area contributed by atoms with Crippen LogP contribution in [-0.4, -0.2) is 35.9 Å². The van der Waals surface area contributed by atoms with E-state index in [2.05, 4.69) is 21.2 Å². The second-order valence-electron chi connectivity index (χ2n) is 8.31. The molecule has 3 aromatic rings. The molecule has 1 atom stereocenters. The molecule has 2 amide bonds. The fourth-order valence-electron chi connectivity index (χ4n) is 3.76. The molecule has 0 aromatic heterocycles. The highest BCUT2D eigenvalue weighted by molar-refractivity contribution is 9.10. The number of nitrogens with zero attached hydrogens (tertiary/aromatic N) is 1. The minimum absolute atomic E-state index is 0.150. The second kappa shape index (κ2) is 12.4. The summed E-state index contributed by atoms with van der Waals surface area (Å²) in [5.41, 5.74) is 3.93. The molecular weight excluding hydrogens is 492 g/mol. The Kier molecular flexibility index (Phi) is 9.28. The summed E-state index contributed by atoms with van der Waals surface area (Å²) >= 11 is 3.50. The van der Waals surface area contributed by atoms with Gasteiger partial charge in [0.05, 0.1) is 0 Å². The van der Waals surface area contributed by atoms with Crippen LogP contribution in [-0.2, 0) is 22.6 Å². The normalized spacial score (nSPS) is 11.5. The van der Waals surface area contributed by atoms with Gasteiger partial charge in [0.2, 0.25) is 5.91 Å². The molecule has 0 saturated heterocycles. The summed E-state index contributed by atoms with van der Waals surface area (Å²) in [4.78, 5) is 28.4. The first-order valence-electron chi connectivity index (χ1n) is 11.4. The number of hydrogen-bond acceptors (Lipinski definition) is 3. The summed E-state index contributed by atoms with van der Waals surface area (Å²) in [7, 11) is 0. The van der Waals surface area contributed by atoms with Gasteiger partial charge in [0, 0.05) is 24.0 Å². The monoisotopic (exact) mass is 522 g/mol. The Hall–Kier alpha value is -3.12. The number of hydrogen-bond donors (Lipinski definition) is 1. The zero-order valence-corrected chi connectivity index (χ0v) is 21.5. The van der Waals surface area contributed by atoms with Crippen LogP contribution in [0.2, 0.25) is 0 Å². The maximum Gasteiger partial charge on any atom is 0.261 e. The van der Waals surface area contributed by atoms with Gasteiger partial charge in [-0.1, -0.05) is 70.5 Å².